The van der Waals surface area contributed by atoms with Crippen LogP contribution < -0.4 is 10.9 Å². The number of fused-ring (bicyclic) bond motifs is 1. The maximum atomic E-state index is 13.0. The van der Waals surface area contributed by atoms with Crippen molar-refractivity contribution in [1.82, 2.24) is 30.7 Å². The van der Waals surface area contributed by atoms with E-state index in [2.05, 4.69) is 20.8 Å². The third-order valence-corrected chi connectivity index (χ3v) is 5.50. The topological polar surface area (TPSA) is 85.9 Å². The van der Waals surface area contributed by atoms with Crippen molar-refractivity contribution in [2.24, 2.45) is 0 Å². The fourth-order valence-electron chi connectivity index (χ4n) is 3.97. The van der Waals surface area contributed by atoms with Gasteiger partial charge in [0.05, 0.1) is 17.9 Å². The molecule has 2 aromatic heterocycles. The van der Waals surface area contributed by atoms with Gasteiger partial charge in [-0.25, -0.2) is 15.8 Å². The molecule has 5 rings (SSSR count). The van der Waals surface area contributed by atoms with E-state index in [0.29, 0.717) is 13.1 Å². The second-order valence-corrected chi connectivity index (χ2v) is 7.30. The van der Waals surface area contributed by atoms with E-state index in [1.807, 2.05) is 47.4 Å². The van der Waals surface area contributed by atoms with E-state index in [0.717, 1.165) is 41.2 Å². The van der Waals surface area contributed by atoms with Gasteiger partial charge in [-0.1, -0.05) is 30.3 Å². The minimum Gasteiger partial charge on any atom is -0.340 e. The predicted molar refractivity (Wildman–Crippen MR) is 105 cm³/mol. The van der Waals surface area contributed by atoms with Crippen LogP contribution in [0.15, 0.2) is 54.9 Å². The lowest BCUT2D eigenvalue weighted by molar-refractivity contribution is -0.134. The average Bonchev–Trinajstić information content (AvgIpc) is 3.41. The molecule has 4 heterocycles. The number of rotatable bonds is 3. The molecule has 28 heavy (non-hydrogen) atoms. The monoisotopic (exact) mass is 374 g/mol. The quantitative estimate of drug-likeness (QED) is 0.653. The number of hydrazine groups is 1. The van der Waals surface area contributed by atoms with E-state index in [9.17, 15) is 4.79 Å². The van der Waals surface area contributed by atoms with Crippen LogP contribution in [0.5, 0.6) is 0 Å². The van der Waals surface area contributed by atoms with Gasteiger partial charge in [0.25, 0.3) is 0 Å². The van der Waals surface area contributed by atoms with E-state index in [1.165, 1.54) is 0 Å². The van der Waals surface area contributed by atoms with Crippen LogP contribution in [-0.4, -0.2) is 38.3 Å². The Morgan fingerprint density at radius 1 is 1.07 bits per heavy atom. The first kappa shape index (κ1) is 17.1. The molecule has 0 bridgehead atoms. The van der Waals surface area contributed by atoms with E-state index in [4.69, 9.17) is 4.98 Å². The molecule has 142 valence electrons. The van der Waals surface area contributed by atoms with Crippen molar-refractivity contribution in [3.05, 3.63) is 71.8 Å². The van der Waals surface area contributed by atoms with Crippen LogP contribution in [0.25, 0.3) is 11.4 Å². The first-order valence-electron chi connectivity index (χ1n) is 9.61. The minimum atomic E-state index is -0.226. The Morgan fingerprint density at radius 2 is 1.89 bits per heavy atom. The van der Waals surface area contributed by atoms with Gasteiger partial charge in [0.2, 0.25) is 5.91 Å². The van der Waals surface area contributed by atoms with Crippen LogP contribution in [0, 0.1) is 0 Å². The molecule has 1 fully saturated rings. The molecule has 0 spiro atoms. The van der Waals surface area contributed by atoms with Crippen LogP contribution >= 0.6 is 0 Å². The molecule has 2 unspecified atom stereocenters. The molecule has 2 aliphatic heterocycles. The Bertz CT molecular complexity index is 971. The number of imidazole rings is 1. The number of amides is 1. The highest BCUT2D eigenvalue weighted by molar-refractivity contribution is 5.82. The summed E-state index contributed by atoms with van der Waals surface area (Å²) in [5.41, 5.74) is 10.7. The van der Waals surface area contributed by atoms with Crippen molar-refractivity contribution in [3.8, 4) is 11.4 Å². The van der Waals surface area contributed by atoms with Gasteiger partial charge in [-0.15, -0.1) is 0 Å². The lowest BCUT2D eigenvalue weighted by Gasteiger charge is -2.28. The second-order valence-electron chi connectivity index (χ2n) is 7.30. The summed E-state index contributed by atoms with van der Waals surface area (Å²) in [5.74, 6) is 1.00. The van der Waals surface area contributed by atoms with Crippen LogP contribution in [0.4, 0.5) is 0 Å². The third-order valence-electron chi connectivity index (χ3n) is 5.50. The molecule has 7 nitrogen and oxygen atoms in total. The number of H-pyrrole nitrogens is 1. The molecule has 7 heteroatoms. The van der Waals surface area contributed by atoms with Crippen molar-refractivity contribution >= 4 is 5.91 Å². The number of aromatic nitrogens is 3. The highest BCUT2D eigenvalue weighted by Crippen LogP contribution is 2.26. The van der Waals surface area contributed by atoms with Gasteiger partial charge in [-0.2, -0.15) is 0 Å². The number of nitrogens with zero attached hydrogens (tertiary/aromatic N) is 3. The van der Waals surface area contributed by atoms with Gasteiger partial charge >= 0.3 is 0 Å². The molecule has 2 atom stereocenters. The molecule has 1 aromatic carbocycles. The largest absolute Gasteiger partial charge is 0.340 e. The first-order chi connectivity index (χ1) is 13.8. The minimum absolute atomic E-state index is 0.120. The zero-order chi connectivity index (χ0) is 18.9. The normalized spacial score (nSPS) is 21.5. The maximum Gasteiger partial charge on any atom is 0.241 e. The molecular weight excluding hydrogens is 352 g/mol. The van der Waals surface area contributed by atoms with Crippen molar-refractivity contribution in [2.45, 2.75) is 31.5 Å². The number of carbonyl (C=O) groups excluding carboxylic acids is 1. The molecule has 1 amide bonds. The van der Waals surface area contributed by atoms with Crippen LogP contribution in [0.3, 0.4) is 0 Å². The van der Waals surface area contributed by atoms with Gasteiger partial charge in [0, 0.05) is 37.0 Å². The summed E-state index contributed by atoms with van der Waals surface area (Å²) in [7, 11) is 0. The molecule has 3 aromatic rings. The number of pyridine rings is 1. The highest BCUT2D eigenvalue weighted by Gasteiger charge is 2.34. The number of carbonyl (C=O) groups is 1. The smallest absolute Gasteiger partial charge is 0.241 e. The van der Waals surface area contributed by atoms with Gasteiger partial charge in [0.1, 0.15) is 11.9 Å². The van der Waals surface area contributed by atoms with E-state index in [-0.39, 0.29) is 18.0 Å². The summed E-state index contributed by atoms with van der Waals surface area (Å²) >= 11 is 0. The average molecular weight is 374 g/mol. The van der Waals surface area contributed by atoms with Crippen LogP contribution in [0.1, 0.15) is 29.4 Å². The Balaban J connectivity index is 1.27. The summed E-state index contributed by atoms with van der Waals surface area (Å²) in [6.45, 7) is 1.27. The van der Waals surface area contributed by atoms with Gasteiger partial charge in [-0.3, -0.25) is 9.78 Å². The molecule has 3 N–H and O–H groups in total. The van der Waals surface area contributed by atoms with Crippen molar-refractivity contribution < 1.29 is 4.79 Å². The molecule has 2 aliphatic rings. The Hall–Kier alpha value is -3.03. The summed E-state index contributed by atoms with van der Waals surface area (Å²) in [5, 5.41) is 0. The highest BCUT2D eigenvalue weighted by atomic mass is 16.2. The molecule has 0 saturated carbocycles. The van der Waals surface area contributed by atoms with Gasteiger partial charge in [-0.05, 0) is 24.1 Å². The fraction of sp³-hybridized carbons (Fsp3) is 0.286. The summed E-state index contributed by atoms with van der Waals surface area (Å²) in [6.07, 6.45) is 5.06. The van der Waals surface area contributed by atoms with Crippen molar-refractivity contribution in [3.63, 3.8) is 0 Å². The van der Waals surface area contributed by atoms with Gasteiger partial charge in [0.15, 0.2) is 0 Å². The van der Waals surface area contributed by atoms with E-state index in [1.54, 1.807) is 12.4 Å². The predicted octanol–water partition coefficient (Wildman–Crippen LogP) is 1.96. The summed E-state index contributed by atoms with van der Waals surface area (Å²) in [6, 6.07) is 13.9. The van der Waals surface area contributed by atoms with Crippen LogP contribution in [-0.2, 0) is 17.8 Å². The molecular formula is C21H22N6O. The van der Waals surface area contributed by atoms with Crippen LogP contribution in [0.2, 0.25) is 0 Å². The van der Waals surface area contributed by atoms with Crippen molar-refractivity contribution in [2.75, 3.05) is 6.54 Å². The third kappa shape index (κ3) is 3.19. The van der Waals surface area contributed by atoms with Crippen molar-refractivity contribution in [1.29, 1.82) is 0 Å². The number of nitrogens with one attached hydrogen (secondary N) is 3. The second kappa shape index (κ2) is 7.18. The molecule has 1 saturated heterocycles. The number of hydrogen-bond donors (Lipinski definition) is 3. The first-order valence-corrected chi connectivity index (χ1v) is 9.61. The standard InChI is InChI=1S/C21H22N6O/c28-21(18-12-17(25-26-18)14-6-9-22-10-7-14)27-11-8-16-19(13-27)24-20(23-16)15-4-2-1-3-5-15/h1-7,9-10,17-18,25-26H,8,11-13H2,(H,23,24). The van der Waals surface area contributed by atoms with Gasteiger partial charge < -0.3 is 9.88 Å². The number of hydrogen-bond acceptors (Lipinski definition) is 5. The Kier molecular flexibility index (Phi) is 4.38. The maximum absolute atomic E-state index is 13.0. The SMILES string of the molecule is O=C(C1CC(c2ccncc2)NN1)N1CCc2nc(-c3ccccc3)[nH]c2C1. The van der Waals surface area contributed by atoms with E-state index >= 15 is 0 Å². The number of aromatic amines is 1. The zero-order valence-corrected chi connectivity index (χ0v) is 15.4. The summed E-state index contributed by atoms with van der Waals surface area (Å²) < 4.78 is 0. The number of benzene rings is 1. The fourth-order valence-corrected chi connectivity index (χ4v) is 3.97. The lowest BCUT2D eigenvalue weighted by Crippen LogP contribution is -2.47. The zero-order valence-electron chi connectivity index (χ0n) is 15.4. The Morgan fingerprint density at radius 3 is 2.71 bits per heavy atom. The lowest BCUT2D eigenvalue weighted by atomic mass is 10.0. The molecule has 0 radical (unpaired) electrons. The molecule has 0 aliphatic carbocycles. The summed E-state index contributed by atoms with van der Waals surface area (Å²) in [4.78, 5) is 27.2. The van der Waals surface area contributed by atoms with E-state index < -0.39 is 0 Å². The Labute approximate surface area is 163 Å².